The van der Waals surface area contributed by atoms with Gasteiger partial charge in [0.2, 0.25) is 5.66 Å². The summed E-state index contributed by atoms with van der Waals surface area (Å²) in [5.74, 6) is 0.162. The quantitative estimate of drug-likeness (QED) is 0.384. The zero-order valence-corrected chi connectivity index (χ0v) is 18.8. The van der Waals surface area contributed by atoms with Gasteiger partial charge in [-0.2, -0.15) is 0 Å². The third kappa shape index (κ3) is 2.74. The third-order valence-electron chi connectivity index (χ3n) is 7.04. The Labute approximate surface area is 201 Å². The molecule has 0 radical (unpaired) electrons. The van der Waals surface area contributed by atoms with Crippen molar-refractivity contribution in [3.05, 3.63) is 114 Å². The normalized spacial score (nSPS) is 17.9. The van der Waals surface area contributed by atoms with Gasteiger partial charge in [-0.15, -0.1) is 0 Å². The molecule has 1 aromatic heterocycles. The van der Waals surface area contributed by atoms with Crippen LogP contribution in [0, 0.1) is 5.82 Å². The number of nitrogens with one attached hydrogen (secondary N) is 1. The lowest BCUT2D eigenvalue weighted by Gasteiger charge is -2.38. The number of rotatable bonds is 3. The van der Waals surface area contributed by atoms with Gasteiger partial charge in [0.25, 0.3) is 5.91 Å². The molecule has 5 aromatic rings. The van der Waals surface area contributed by atoms with Crippen molar-refractivity contribution in [3.8, 4) is 11.4 Å². The zero-order chi connectivity index (χ0) is 23.6. The van der Waals surface area contributed by atoms with Crippen LogP contribution in [0.3, 0.4) is 0 Å². The van der Waals surface area contributed by atoms with E-state index < -0.39 is 5.66 Å². The second-order valence-corrected chi connectivity index (χ2v) is 8.99. The lowest BCUT2D eigenvalue weighted by atomic mass is 9.95. The molecule has 1 N–H and O–H groups in total. The van der Waals surface area contributed by atoms with Gasteiger partial charge in [-0.1, -0.05) is 54.6 Å². The first-order chi connectivity index (χ1) is 17.2. The summed E-state index contributed by atoms with van der Waals surface area (Å²) in [6.45, 7) is 0.481. The van der Waals surface area contributed by atoms with E-state index in [1.165, 1.54) is 12.1 Å². The van der Waals surface area contributed by atoms with Crippen molar-refractivity contribution in [2.24, 2.45) is 0 Å². The smallest absolute Gasteiger partial charge is 0.279 e. The van der Waals surface area contributed by atoms with Crippen molar-refractivity contribution in [2.45, 2.75) is 12.1 Å². The highest BCUT2D eigenvalue weighted by Crippen LogP contribution is 2.50. The van der Waals surface area contributed by atoms with Gasteiger partial charge in [0.1, 0.15) is 11.6 Å². The number of hydrogen-bond acceptors (Lipinski definition) is 3. The van der Waals surface area contributed by atoms with E-state index in [4.69, 9.17) is 4.98 Å². The number of para-hydroxylation sites is 3. The van der Waals surface area contributed by atoms with Crippen molar-refractivity contribution in [1.82, 2.24) is 9.55 Å². The minimum Gasteiger partial charge on any atom is -0.350 e. The fraction of sp³-hybridized carbons (Fsp3) is 0.103. The average Bonchev–Trinajstić information content (AvgIpc) is 3.39. The summed E-state index contributed by atoms with van der Waals surface area (Å²) < 4.78 is 16.7. The van der Waals surface area contributed by atoms with Crippen LogP contribution in [0.1, 0.15) is 11.1 Å². The van der Waals surface area contributed by atoms with E-state index in [9.17, 15) is 9.18 Å². The highest BCUT2D eigenvalue weighted by Gasteiger charge is 2.56. The van der Waals surface area contributed by atoms with Crippen LogP contribution >= 0.6 is 0 Å². The Morgan fingerprint density at radius 2 is 1.66 bits per heavy atom. The summed E-state index contributed by atoms with van der Waals surface area (Å²) in [6.07, 6.45) is 0.688. The Morgan fingerprint density at radius 1 is 0.886 bits per heavy atom. The van der Waals surface area contributed by atoms with E-state index >= 15 is 0 Å². The molecule has 170 valence electrons. The molecule has 4 aromatic carbocycles. The molecule has 1 amide bonds. The SMILES string of the molecule is O=C1N(CCc2ccccc2)c2ccc(F)cc2[C@@]12Nc1ccccc1-c1nc3ccccc3n12. The van der Waals surface area contributed by atoms with E-state index in [2.05, 4.69) is 17.4 Å². The van der Waals surface area contributed by atoms with Gasteiger partial charge in [-0.3, -0.25) is 9.36 Å². The number of carbonyl (C=O) groups is 1. The Hall–Kier alpha value is -4.45. The summed E-state index contributed by atoms with van der Waals surface area (Å²) in [6, 6.07) is 30.3. The van der Waals surface area contributed by atoms with Crippen molar-refractivity contribution in [2.75, 3.05) is 16.8 Å². The summed E-state index contributed by atoms with van der Waals surface area (Å²) in [4.78, 5) is 21.2. The second kappa shape index (κ2) is 7.27. The molecule has 6 heteroatoms. The molecule has 2 aliphatic heterocycles. The van der Waals surface area contributed by atoms with Gasteiger partial charge in [0.05, 0.1) is 16.7 Å². The van der Waals surface area contributed by atoms with Crippen LogP contribution in [0.4, 0.5) is 15.8 Å². The molecule has 7 rings (SSSR count). The summed E-state index contributed by atoms with van der Waals surface area (Å²) in [7, 11) is 0. The lowest BCUT2D eigenvalue weighted by molar-refractivity contribution is -0.123. The van der Waals surface area contributed by atoms with Gasteiger partial charge >= 0.3 is 0 Å². The molecular formula is C29H21FN4O. The third-order valence-corrected chi connectivity index (χ3v) is 7.04. The van der Waals surface area contributed by atoms with Crippen LogP contribution in [-0.4, -0.2) is 22.0 Å². The molecule has 1 spiro atoms. The number of anilines is 2. The summed E-state index contributed by atoms with van der Waals surface area (Å²) in [5, 5.41) is 3.53. The molecule has 2 aliphatic rings. The van der Waals surface area contributed by atoms with Gasteiger partial charge in [0.15, 0.2) is 0 Å². The number of carbonyl (C=O) groups excluding carboxylic acids is 1. The van der Waals surface area contributed by atoms with Crippen molar-refractivity contribution in [3.63, 3.8) is 0 Å². The molecule has 5 nitrogen and oxygen atoms in total. The number of nitrogens with zero attached hydrogens (tertiary/aromatic N) is 3. The number of fused-ring (bicyclic) bond motifs is 8. The molecule has 0 fully saturated rings. The molecule has 1 atom stereocenters. The largest absolute Gasteiger partial charge is 0.350 e. The van der Waals surface area contributed by atoms with E-state index in [0.29, 0.717) is 30.0 Å². The standard InChI is InChI=1S/C29H21FN4O/c30-20-14-15-25-22(18-20)29(28(35)33(25)17-16-19-8-2-1-3-9-19)32-23-11-5-4-10-21(23)27-31-24-12-6-7-13-26(24)34(27)29/h1-15,18,32H,16-17H2/t29-/m0/s1. The molecule has 0 unspecified atom stereocenters. The minimum absolute atomic E-state index is 0.145. The molecule has 35 heavy (non-hydrogen) atoms. The topological polar surface area (TPSA) is 50.2 Å². The zero-order valence-electron chi connectivity index (χ0n) is 18.8. The maximum absolute atomic E-state index is 14.7. The van der Waals surface area contributed by atoms with Gasteiger partial charge < -0.3 is 10.2 Å². The Kier molecular flexibility index (Phi) is 4.15. The molecular weight excluding hydrogens is 439 g/mol. The second-order valence-electron chi connectivity index (χ2n) is 8.99. The molecule has 3 heterocycles. The highest BCUT2D eigenvalue weighted by molar-refractivity contribution is 6.12. The van der Waals surface area contributed by atoms with Crippen LogP contribution in [0.2, 0.25) is 0 Å². The Morgan fingerprint density at radius 3 is 2.54 bits per heavy atom. The van der Waals surface area contributed by atoms with Crippen LogP contribution in [0.5, 0.6) is 0 Å². The number of aromatic nitrogens is 2. The van der Waals surface area contributed by atoms with Crippen LogP contribution < -0.4 is 10.2 Å². The number of benzene rings is 4. The van der Waals surface area contributed by atoms with Crippen LogP contribution in [0.25, 0.3) is 22.4 Å². The summed E-state index contributed by atoms with van der Waals surface area (Å²) in [5.41, 5.74) is 4.41. The van der Waals surface area contributed by atoms with Crippen LogP contribution in [0.15, 0.2) is 97.1 Å². The van der Waals surface area contributed by atoms with Crippen molar-refractivity contribution in [1.29, 1.82) is 0 Å². The van der Waals surface area contributed by atoms with Gasteiger partial charge in [-0.05, 0) is 54.4 Å². The minimum atomic E-state index is -1.34. The van der Waals surface area contributed by atoms with Crippen molar-refractivity contribution < 1.29 is 9.18 Å². The average molecular weight is 461 g/mol. The van der Waals surface area contributed by atoms with Crippen molar-refractivity contribution >= 4 is 28.3 Å². The first kappa shape index (κ1) is 20.0. The van der Waals surface area contributed by atoms with Gasteiger partial charge in [-0.25, -0.2) is 9.37 Å². The maximum atomic E-state index is 14.7. The molecule has 0 aliphatic carbocycles. The number of hydrogen-bond donors (Lipinski definition) is 1. The number of imidazole rings is 1. The lowest BCUT2D eigenvalue weighted by Crippen LogP contribution is -2.53. The van der Waals surface area contributed by atoms with Gasteiger partial charge in [0, 0.05) is 23.4 Å². The Bertz CT molecular complexity index is 1630. The molecule has 0 saturated carbocycles. The summed E-state index contributed by atoms with van der Waals surface area (Å²) >= 11 is 0. The molecule has 0 saturated heterocycles. The predicted molar refractivity (Wildman–Crippen MR) is 135 cm³/mol. The molecule has 0 bridgehead atoms. The van der Waals surface area contributed by atoms with Crippen LogP contribution in [-0.2, 0) is 16.9 Å². The highest BCUT2D eigenvalue weighted by atomic mass is 19.1. The van der Waals surface area contributed by atoms with E-state index in [1.54, 1.807) is 11.0 Å². The van der Waals surface area contributed by atoms with E-state index in [0.717, 1.165) is 27.8 Å². The predicted octanol–water partition coefficient (Wildman–Crippen LogP) is 5.56. The maximum Gasteiger partial charge on any atom is 0.279 e. The fourth-order valence-electron chi connectivity index (χ4n) is 5.48. The monoisotopic (exact) mass is 460 g/mol. The fourth-order valence-corrected chi connectivity index (χ4v) is 5.48. The van der Waals surface area contributed by atoms with E-state index in [1.807, 2.05) is 71.3 Å². The number of halogens is 1. The van der Waals surface area contributed by atoms with E-state index in [-0.39, 0.29) is 11.7 Å². The first-order valence-corrected chi connectivity index (χ1v) is 11.7. The first-order valence-electron chi connectivity index (χ1n) is 11.7. The Balaban J connectivity index is 1.47. The number of amides is 1.